The lowest BCUT2D eigenvalue weighted by Crippen LogP contribution is -2.34. The van der Waals surface area contributed by atoms with E-state index in [0.717, 1.165) is 12.0 Å². The van der Waals surface area contributed by atoms with E-state index in [4.69, 9.17) is 14.2 Å². The smallest absolute Gasteiger partial charge is 0.338 e. The lowest BCUT2D eigenvalue weighted by atomic mass is 10.1. The number of rotatable bonds is 11. The molecule has 0 saturated carbocycles. The van der Waals surface area contributed by atoms with Crippen LogP contribution in [0.1, 0.15) is 48.1 Å². The van der Waals surface area contributed by atoms with Gasteiger partial charge in [-0.25, -0.2) is 9.78 Å². The predicted molar refractivity (Wildman–Crippen MR) is 128 cm³/mol. The predicted octanol–water partition coefficient (Wildman–Crippen LogP) is 3.92. The van der Waals surface area contributed by atoms with Crippen molar-refractivity contribution >= 4 is 11.9 Å². The third-order valence-electron chi connectivity index (χ3n) is 5.24. The Morgan fingerprint density at radius 3 is 2.50 bits per heavy atom. The second-order valence-electron chi connectivity index (χ2n) is 8.28. The highest BCUT2D eigenvalue weighted by Crippen LogP contribution is 2.29. The molecule has 0 radical (unpaired) electrons. The van der Waals surface area contributed by atoms with Crippen LogP contribution >= 0.6 is 0 Å². The molecular formula is C26H31N3O5. The third-order valence-corrected chi connectivity index (χ3v) is 5.24. The van der Waals surface area contributed by atoms with Crippen molar-refractivity contribution in [1.82, 2.24) is 14.9 Å². The first-order chi connectivity index (χ1) is 16.4. The number of carbonyl (C=O) groups is 2. The zero-order valence-electron chi connectivity index (χ0n) is 20.0. The average Bonchev–Trinajstić information content (AvgIpc) is 3.26. The normalized spacial score (nSPS) is 11.7. The number of hydrogen-bond acceptors (Lipinski definition) is 6. The fourth-order valence-corrected chi connectivity index (χ4v) is 3.33. The van der Waals surface area contributed by atoms with Gasteiger partial charge in [0, 0.05) is 19.4 Å². The summed E-state index contributed by atoms with van der Waals surface area (Å²) in [6, 6.07) is 13.8. The van der Waals surface area contributed by atoms with Gasteiger partial charge in [0.1, 0.15) is 11.9 Å². The van der Waals surface area contributed by atoms with Crippen molar-refractivity contribution in [3.8, 4) is 11.5 Å². The topological polar surface area (TPSA) is 91.7 Å². The van der Waals surface area contributed by atoms with E-state index < -0.39 is 24.5 Å². The van der Waals surface area contributed by atoms with Gasteiger partial charge in [0.15, 0.2) is 18.1 Å². The number of aryl methyl sites for hydroxylation is 1. The molecule has 34 heavy (non-hydrogen) atoms. The van der Waals surface area contributed by atoms with Gasteiger partial charge in [-0.3, -0.25) is 4.79 Å². The molecule has 0 aliphatic carbocycles. The highest BCUT2D eigenvalue weighted by atomic mass is 16.5. The Kier molecular flexibility index (Phi) is 8.67. The zero-order valence-corrected chi connectivity index (χ0v) is 20.0. The third kappa shape index (κ3) is 6.60. The number of amides is 1. The molecule has 1 atom stereocenters. The second kappa shape index (κ2) is 11.9. The molecule has 1 unspecified atom stereocenters. The van der Waals surface area contributed by atoms with Crippen LogP contribution in [0.4, 0.5) is 0 Å². The summed E-state index contributed by atoms with van der Waals surface area (Å²) in [5.74, 6) is 1.11. The number of hydrogen-bond donors (Lipinski definition) is 1. The molecule has 1 N–H and O–H groups in total. The number of nitrogens with zero attached hydrogens (tertiary/aromatic N) is 2. The molecule has 0 bridgehead atoms. The summed E-state index contributed by atoms with van der Waals surface area (Å²) in [6.45, 7) is 4.36. The molecule has 1 aromatic heterocycles. The molecule has 8 nitrogen and oxygen atoms in total. The van der Waals surface area contributed by atoms with Crippen molar-refractivity contribution in [2.75, 3.05) is 20.3 Å². The SMILES string of the molecule is COc1cc(C(=O)OCC(=O)NC(c2ccccc2)c2nccn2C)ccc1OCCC(C)C. The summed E-state index contributed by atoms with van der Waals surface area (Å²) < 4.78 is 18.2. The summed E-state index contributed by atoms with van der Waals surface area (Å²) in [5, 5.41) is 2.90. The van der Waals surface area contributed by atoms with E-state index in [-0.39, 0.29) is 5.56 Å². The number of carbonyl (C=O) groups excluding carboxylic acids is 2. The van der Waals surface area contributed by atoms with Gasteiger partial charge < -0.3 is 24.1 Å². The number of benzene rings is 2. The lowest BCUT2D eigenvalue weighted by molar-refractivity contribution is -0.124. The van der Waals surface area contributed by atoms with Gasteiger partial charge in [0.25, 0.3) is 5.91 Å². The number of esters is 1. The van der Waals surface area contributed by atoms with Crippen LogP contribution in [-0.4, -0.2) is 41.8 Å². The van der Waals surface area contributed by atoms with Crippen molar-refractivity contribution < 1.29 is 23.8 Å². The van der Waals surface area contributed by atoms with Gasteiger partial charge in [0.2, 0.25) is 0 Å². The second-order valence-corrected chi connectivity index (χ2v) is 8.28. The molecular weight excluding hydrogens is 434 g/mol. The monoisotopic (exact) mass is 465 g/mol. The molecule has 0 aliphatic heterocycles. The van der Waals surface area contributed by atoms with E-state index in [9.17, 15) is 9.59 Å². The number of imidazole rings is 1. The van der Waals surface area contributed by atoms with Crippen LogP contribution in [0.2, 0.25) is 0 Å². The van der Waals surface area contributed by atoms with E-state index in [1.807, 2.05) is 41.9 Å². The molecule has 0 aliphatic rings. The Balaban J connectivity index is 1.62. The van der Waals surface area contributed by atoms with E-state index in [0.29, 0.717) is 29.8 Å². The standard InChI is InChI=1S/C26H31N3O5/c1-18(2)12-15-33-21-11-10-20(16-22(21)32-4)26(31)34-17-23(30)28-24(19-8-6-5-7-9-19)25-27-13-14-29(25)3/h5-11,13-14,16,18,24H,12,15,17H2,1-4H3,(H,28,30). The Hall–Kier alpha value is -3.81. The first kappa shape index (κ1) is 24.8. The summed E-state index contributed by atoms with van der Waals surface area (Å²) >= 11 is 0. The fraction of sp³-hybridized carbons (Fsp3) is 0.346. The molecule has 3 rings (SSSR count). The van der Waals surface area contributed by atoms with Crippen LogP contribution in [0.3, 0.4) is 0 Å². The molecule has 0 saturated heterocycles. The van der Waals surface area contributed by atoms with Crippen LogP contribution in [-0.2, 0) is 16.6 Å². The molecule has 2 aromatic carbocycles. The molecule has 8 heteroatoms. The molecule has 0 fully saturated rings. The lowest BCUT2D eigenvalue weighted by Gasteiger charge is -2.19. The first-order valence-electron chi connectivity index (χ1n) is 11.2. The summed E-state index contributed by atoms with van der Waals surface area (Å²) in [5.41, 5.74) is 1.14. The van der Waals surface area contributed by atoms with Crippen LogP contribution in [0, 0.1) is 5.92 Å². The molecule has 180 valence electrons. The minimum Gasteiger partial charge on any atom is -0.493 e. The Labute approximate surface area is 199 Å². The maximum absolute atomic E-state index is 12.6. The highest BCUT2D eigenvalue weighted by Gasteiger charge is 2.21. The van der Waals surface area contributed by atoms with Crippen molar-refractivity contribution in [1.29, 1.82) is 0 Å². The van der Waals surface area contributed by atoms with Crippen LogP contribution in [0.15, 0.2) is 60.9 Å². The van der Waals surface area contributed by atoms with Gasteiger partial charge in [-0.1, -0.05) is 44.2 Å². The number of methoxy groups -OCH3 is 1. The summed E-state index contributed by atoms with van der Waals surface area (Å²) in [6.07, 6.45) is 4.38. The Morgan fingerprint density at radius 2 is 1.85 bits per heavy atom. The fourth-order valence-electron chi connectivity index (χ4n) is 3.33. The first-order valence-corrected chi connectivity index (χ1v) is 11.2. The van der Waals surface area contributed by atoms with Crippen LogP contribution < -0.4 is 14.8 Å². The van der Waals surface area contributed by atoms with E-state index in [1.54, 1.807) is 30.6 Å². The zero-order chi connectivity index (χ0) is 24.5. The van der Waals surface area contributed by atoms with Crippen molar-refractivity contribution in [2.45, 2.75) is 26.3 Å². The molecule has 3 aromatic rings. The van der Waals surface area contributed by atoms with Gasteiger partial charge in [-0.2, -0.15) is 0 Å². The van der Waals surface area contributed by atoms with Crippen molar-refractivity contribution in [2.24, 2.45) is 13.0 Å². The van der Waals surface area contributed by atoms with Crippen LogP contribution in [0.25, 0.3) is 0 Å². The summed E-state index contributed by atoms with van der Waals surface area (Å²) in [4.78, 5) is 29.6. The van der Waals surface area contributed by atoms with Crippen LogP contribution in [0.5, 0.6) is 11.5 Å². The van der Waals surface area contributed by atoms with Gasteiger partial charge in [-0.15, -0.1) is 0 Å². The molecule has 1 amide bonds. The maximum atomic E-state index is 12.6. The van der Waals surface area contributed by atoms with Gasteiger partial charge in [0.05, 0.1) is 19.3 Å². The quantitative estimate of drug-likeness (QED) is 0.432. The number of ether oxygens (including phenoxy) is 3. The number of aromatic nitrogens is 2. The molecule has 0 spiro atoms. The average molecular weight is 466 g/mol. The minimum absolute atomic E-state index is 0.268. The minimum atomic E-state index is -0.629. The van der Waals surface area contributed by atoms with Crippen molar-refractivity contribution in [3.63, 3.8) is 0 Å². The van der Waals surface area contributed by atoms with E-state index in [2.05, 4.69) is 24.1 Å². The van der Waals surface area contributed by atoms with Crippen molar-refractivity contribution in [3.05, 3.63) is 77.9 Å². The molecule has 1 heterocycles. The Bertz CT molecular complexity index is 1090. The number of nitrogens with one attached hydrogen (secondary N) is 1. The highest BCUT2D eigenvalue weighted by molar-refractivity contribution is 5.92. The summed E-state index contributed by atoms with van der Waals surface area (Å²) in [7, 11) is 3.36. The van der Waals surface area contributed by atoms with E-state index in [1.165, 1.54) is 7.11 Å². The maximum Gasteiger partial charge on any atom is 0.338 e. The Morgan fingerprint density at radius 1 is 1.09 bits per heavy atom. The van der Waals surface area contributed by atoms with Gasteiger partial charge in [-0.05, 0) is 36.1 Å². The van der Waals surface area contributed by atoms with Gasteiger partial charge >= 0.3 is 5.97 Å². The van der Waals surface area contributed by atoms with E-state index >= 15 is 0 Å². The largest absolute Gasteiger partial charge is 0.493 e.